The first-order chi connectivity index (χ1) is 11.0. The van der Waals surface area contributed by atoms with Crippen LogP contribution in [0.25, 0.3) is 0 Å². The van der Waals surface area contributed by atoms with Gasteiger partial charge in [0.25, 0.3) is 0 Å². The van der Waals surface area contributed by atoms with Crippen molar-refractivity contribution in [1.82, 2.24) is 0 Å². The van der Waals surface area contributed by atoms with Crippen LogP contribution in [0.2, 0.25) is 0 Å². The summed E-state index contributed by atoms with van der Waals surface area (Å²) in [7, 11) is 0. The maximum absolute atomic E-state index is 10.2. The minimum Gasteiger partial charge on any atom is -0.504 e. The molecule has 3 nitrogen and oxygen atoms in total. The Balaban J connectivity index is 2.35. The second-order valence-electron chi connectivity index (χ2n) is 5.14. The predicted octanol–water partition coefficient (Wildman–Crippen LogP) is 5.34. The lowest BCUT2D eigenvalue weighted by molar-refractivity contribution is 0.317. The molecule has 0 atom stereocenters. The average Bonchev–Trinajstić information content (AvgIpc) is 2.53. The van der Waals surface area contributed by atoms with E-state index in [0.717, 1.165) is 26.9 Å². The number of benzene rings is 2. The highest BCUT2D eigenvalue weighted by Crippen LogP contribution is 2.32. The number of allylic oxidation sites excluding steroid dienone is 1. The van der Waals surface area contributed by atoms with Crippen LogP contribution in [0.4, 0.5) is 5.69 Å². The summed E-state index contributed by atoms with van der Waals surface area (Å²) in [5, 5.41) is 10.2. The Morgan fingerprint density at radius 3 is 2.74 bits per heavy atom. The Hall–Kier alpha value is -2.07. The fourth-order valence-electron chi connectivity index (χ4n) is 2.20. The summed E-state index contributed by atoms with van der Waals surface area (Å²) in [6, 6.07) is 9.63. The molecule has 0 aliphatic carbocycles. The molecule has 0 unspecified atom stereocenters. The Labute approximate surface area is 145 Å². The third kappa shape index (κ3) is 4.45. The van der Waals surface area contributed by atoms with Crippen molar-refractivity contribution in [3.05, 3.63) is 64.1 Å². The molecule has 0 aliphatic rings. The van der Waals surface area contributed by atoms with Crippen molar-refractivity contribution in [2.45, 2.75) is 20.3 Å². The van der Waals surface area contributed by atoms with E-state index in [9.17, 15) is 5.11 Å². The number of rotatable bonds is 6. The zero-order chi connectivity index (χ0) is 16.8. The number of phenolic OH excluding ortho intramolecular Hbond substituents is 1. The van der Waals surface area contributed by atoms with Crippen LogP contribution < -0.4 is 4.74 Å². The van der Waals surface area contributed by atoms with E-state index in [1.165, 1.54) is 0 Å². The van der Waals surface area contributed by atoms with Gasteiger partial charge in [-0.2, -0.15) is 0 Å². The smallest absolute Gasteiger partial charge is 0.161 e. The minimum atomic E-state index is 0.170. The van der Waals surface area contributed by atoms with Crippen LogP contribution >= 0.6 is 15.9 Å². The summed E-state index contributed by atoms with van der Waals surface area (Å²) in [6.45, 7) is 8.13. The molecular formula is C19H20BrNO2. The van der Waals surface area contributed by atoms with Crippen molar-refractivity contribution in [2.24, 2.45) is 4.99 Å². The standard InChI is InChI=1S/C19H20BrNO2/c1-4-6-15-10-14(11-18(19(15)22)23-5-2)12-21-16-7-8-17(20)13(3)9-16/h4,7-12,22H,1,5-6H2,2-3H3. The van der Waals surface area contributed by atoms with E-state index in [1.54, 1.807) is 18.4 Å². The first-order valence-corrected chi connectivity index (χ1v) is 8.24. The first-order valence-electron chi connectivity index (χ1n) is 7.45. The van der Waals surface area contributed by atoms with Crippen LogP contribution in [0.1, 0.15) is 23.6 Å². The van der Waals surface area contributed by atoms with Gasteiger partial charge < -0.3 is 9.84 Å². The number of phenols is 1. The van der Waals surface area contributed by atoms with Crippen molar-refractivity contribution in [2.75, 3.05) is 6.61 Å². The van der Waals surface area contributed by atoms with Crippen molar-refractivity contribution in [3.8, 4) is 11.5 Å². The molecule has 23 heavy (non-hydrogen) atoms. The molecule has 4 heteroatoms. The van der Waals surface area contributed by atoms with Gasteiger partial charge in [-0.3, -0.25) is 4.99 Å². The Morgan fingerprint density at radius 1 is 1.30 bits per heavy atom. The quantitative estimate of drug-likeness (QED) is 0.548. The topological polar surface area (TPSA) is 41.8 Å². The first kappa shape index (κ1) is 17.3. The highest BCUT2D eigenvalue weighted by molar-refractivity contribution is 9.10. The van der Waals surface area contributed by atoms with Crippen molar-refractivity contribution < 1.29 is 9.84 Å². The monoisotopic (exact) mass is 373 g/mol. The van der Waals surface area contributed by atoms with E-state index >= 15 is 0 Å². The molecule has 0 saturated heterocycles. The van der Waals surface area contributed by atoms with Crippen LogP contribution in [-0.2, 0) is 6.42 Å². The van der Waals surface area contributed by atoms with Gasteiger partial charge in [-0.1, -0.05) is 22.0 Å². The third-order valence-corrected chi connectivity index (χ3v) is 4.23. The number of ether oxygens (including phenoxy) is 1. The molecule has 0 aliphatic heterocycles. The highest BCUT2D eigenvalue weighted by Gasteiger charge is 2.09. The summed E-state index contributed by atoms with van der Waals surface area (Å²) in [5.74, 6) is 0.642. The van der Waals surface area contributed by atoms with Gasteiger partial charge in [0.05, 0.1) is 12.3 Å². The molecule has 0 amide bonds. The Kier molecular flexibility index (Phi) is 5.99. The zero-order valence-corrected chi connectivity index (χ0v) is 14.9. The van der Waals surface area contributed by atoms with Crippen LogP contribution in [0, 0.1) is 6.92 Å². The normalized spacial score (nSPS) is 10.9. The average molecular weight is 374 g/mol. The van der Waals surface area contributed by atoms with E-state index in [0.29, 0.717) is 18.8 Å². The molecular weight excluding hydrogens is 354 g/mol. The van der Waals surface area contributed by atoms with E-state index < -0.39 is 0 Å². The number of hydrogen-bond acceptors (Lipinski definition) is 3. The lowest BCUT2D eigenvalue weighted by atomic mass is 10.1. The van der Waals surface area contributed by atoms with Gasteiger partial charge in [0, 0.05) is 16.3 Å². The van der Waals surface area contributed by atoms with E-state index in [-0.39, 0.29) is 5.75 Å². The number of aromatic hydroxyl groups is 1. The second-order valence-corrected chi connectivity index (χ2v) is 6.00. The molecule has 0 radical (unpaired) electrons. The Morgan fingerprint density at radius 2 is 2.09 bits per heavy atom. The van der Waals surface area contributed by atoms with Gasteiger partial charge in [-0.15, -0.1) is 6.58 Å². The molecule has 0 heterocycles. The molecule has 0 bridgehead atoms. The summed E-state index contributed by atoms with van der Waals surface area (Å²) in [6.07, 6.45) is 4.10. The fraction of sp³-hybridized carbons (Fsp3) is 0.211. The highest BCUT2D eigenvalue weighted by atomic mass is 79.9. The zero-order valence-electron chi connectivity index (χ0n) is 13.3. The van der Waals surface area contributed by atoms with Crippen LogP contribution in [0.15, 0.2) is 52.5 Å². The molecule has 2 aromatic carbocycles. The minimum absolute atomic E-state index is 0.170. The van der Waals surface area contributed by atoms with Gasteiger partial charge in [0.2, 0.25) is 0 Å². The molecule has 120 valence electrons. The van der Waals surface area contributed by atoms with Crippen LogP contribution in [0.3, 0.4) is 0 Å². The van der Waals surface area contributed by atoms with E-state index in [1.807, 2.05) is 38.1 Å². The van der Waals surface area contributed by atoms with Crippen molar-refractivity contribution in [3.63, 3.8) is 0 Å². The van der Waals surface area contributed by atoms with Gasteiger partial charge in [-0.25, -0.2) is 0 Å². The number of hydrogen-bond donors (Lipinski definition) is 1. The number of nitrogens with zero attached hydrogens (tertiary/aromatic N) is 1. The molecule has 0 fully saturated rings. The van der Waals surface area contributed by atoms with E-state index in [4.69, 9.17) is 4.74 Å². The van der Waals surface area contributed by atoms with Crippen molar-refractivity contribution >= 4 is 27.8 Å². The van der Waals surface area contributed by atoms with Gasteiger partial charge in [0.15, 0.2) is 11.5 Å². The summed E-state index contributed by atoms with van der Waals surface area (Å²) in [4.78, 5) is 4.50. The molecule has 0 spiro atoms. The van der Waals surface area contributed by atoms with Crippen molar-refractivity contribution in [1.29, 1.82) is 0 Å². The number of halogens is 1. The molecule has 0 aromatic heterocycles. The predicted molar refractivity (Wildman–Crippen MR) is 99.3 cm³/mol. The molecule has 2 aromatic rings. The van der Waals surface area contributed by atoms with E-state index in [2.05, 4.69) is 27.5 Å². The maximum Gasteiger partial charge on any atom is 0.161 e. The SMILES string of the molecule is C=CCc1cc(C=Nc2ccc(Br)c(C)c2)cc(OCC)c1O. The summed E-state index contributed by atoms with van der Waals surface area (Å²) < 4.78 is 6.56. The van der Waals surface area contributed by atoms with Gasteiger partial charge in [-0.05, 0) is 61.7 Å². The summed E-state index contributed by atoms with van der Waals surface area (Å²) >= 11 is 3.48. The molecule has 1 N–H and O–H groups in total. The summed E-state index contributed by atoms with van der Waals surface area (Å²) in [5.41, 5.74) is 3.66. The molecule has 0 saturated carbocycles. The van der Waals surface area contributed by atoms with Crippen LogP contribution in [-0.4, -0.2) is 17.9 Å². The Bertz CT molecular complexity index is 738. The number of aryl methyl sites for hydroxylation is 1. The third-order valence-electron chi connectivity index (χ3n) is 3.34. The fourth-order valence-corrected chi connectivity index (χ4v) is 2.45. The number of aliphatic imine (C=N–C) groups is 1. The lowest BCUT2D eigenvalue weighted by Crippen LogP contribution is -1.96. The van der Waals surface area contributed by atoms with Crippen LogP contribution in [0.5, 0.6) is 11.5 Å². The van der Waals surface area contributed by atoms with Gasteiger partial charge in [0.1, 0.15) is 0 Å². The van der Waals surface area contributed by atoms with Gasteiger partial charge >= 0.3 is 0 Å². The molecule has 2 rings (SSSR count). The maximum atomic E-state index is 10.2. The lowest BCUT2D eigenvalue weighted by Gasteiger charge is -2.10. The largest absolute Gasteiger partial charge is 0.504 e. The second kappa shape index (κ2) is 7.97.